The van der Waals surface area contributed by atoms with Crippen molar-refractivity contribution in [2.45, 2.75) is 44.0 Å². The third-order valence-corrected chi connectivity index (χ3v) is 7.62. The largest absolute Gasteiger partial charge is 0.416 e. The molecule has 1 aromatic heterocycles. The Morgan fingerprint density at radius 1 is 1.05 bits per heavy atom. The van der Waals surface area contributed by atoms with Gasteiger partial charge in [0.15, 0.2) is 6.23 Å². The average Bonchev–Trinajstić information content (AvgIpc) is 3.37. The summed E-state index contributed by atoms with van der Waals surface area (Å²) in [6, 6.07) is 6.53. The van der Waals surface area contributed by atoms with Gasteiger partial charge in [-0.15, -0.1) is 0 Å². The van der Waals surface area contributed by atoms with Crippen molar-refractivity contribution in [3.05, 3.63) is 69.8 Å². The number of nitrogens with one attached hydrogen (secondary N) is 1. The number of carbonyl (C=O) groups excluding carboxylic acids is 1. The van der Waals surface area contributed by atoms with Gasteiger partial charge in [0, 0.05) is 16.3 Å². The Morgan fingerprint density at radius 3 is 2.47 bits per heavy atom. The number of amides is 1. The van der Waals surface area contributed by atoms with Crippen LogP contribution in [0.25, 0.3) is 17.0 Å². The number of piperidine rings is 1. The van der Waals surface area contributed by atoms with E-state index in [4.69, 9.17) is 0 Å². The fourth-order valence-corrected chi connectivity index (χ4v) is 5.75. The van der Waals surface area contributed by atoms with Crippen LogP contribution in [0, 0.1) is 0 Å². The number of hydrogen-bond donors (Lipinski definition) is 2. The number of aliphatic hydroxyl groups is 1. The van der Waals surface area contributed by atoms with Gasteiger partial charge in [0.25, 0.3) is 5.24 Å². The molecular formula is C25H22F6N4O2S. The van der Waals surface area contributed by atoms with Crippen LogP contribution in [0.5, 0.6) is 0 Å². The molecule has 2 aromatic carbocycles. The van der Waals surface area contributed by atoms with E-state index in [1.54, 1.807) is 24.3 Å². The summed E-state index contributed by atoms with van der Waals surface area (Å²) >= 11 is 0.960. The summed E-state index contributed by atoms with van der Waals surface area (Å²) in [4.78, 5) is 14.5. The summed E-state index contributed by atoms with van der Waals surface area (Å²) < 4.78 is 80.9. The standard InChI is InChI=1S/C25H22F6N4O2S/c26-24(27,28)17-3-2-15(19(11-17)25(29,30)31)13-34-20-4-1-14(9-16(20)12-33-34)10-21-22(36)35(23(37)38-21)18-5-7-32-8-6-18/h1-4,9-12,18,22,32,36H,5-8,13H2/b21-10-. The number of thioether (sulfide) groups is 1. The molecule has 2 aliphatic heterocycles. The minimum Gasteiger partial charge on any atom is -0.369 e. The van der Waals surface area contributed by atoms with Crippen LogP contribution in [0.2, 0.25) is 0 Å². The van der Waals surface area contributed by atoms with Gasteiger partial charge >= 0.3 is 12.4 Å². The second-order valence-corrected chi connectivity index (χ2v) is 10.2. The van der Waals surface area contributed by atoms with E-state index in [2.05, 4.69) is 10.4 Å². The predicted molar refractivity (Wildman–Crippen MR) is 130 cm³/mol. The Labute approximate surface area is 217 Å². The molecule has 0 spiro atoms. The highest BCUT2D eigenvalue weighted by atomic mass is 32.2. The summed E-state index contributed by atoms with van der Waals surface area (Å²) in [7, 11) is 0. The molecule has 38 heavy (non-hydrogen) atoms. The van der Waals surface area contributed by atoms with E-state index < -0.39 is 29.7 Å². The Balaban J connectivity index is 1.40. The fraction of sp³-hybridized carbons (Fsp3) is 0.360. The molecule has 0 saturated carbocycles. The molecule has 2 saturated heterocycles. The molecule has 3 heterocycles. The number of fused-ring (bicyclic) bond motifs is 1. The van der Waals surface area contributed by atoms with E-state index in [9.17, 15) is 36.2 Å². The quantitative estimate of drug-likeness (QED) is 0.404. The van der Waals surface area contributed by atoms with Crippen molar-refractivity contribution in [2.75, 3.05) is 13.1 Å². The Hall–Kier alpha value is -3.03. The van der Waals surface area contributed by atoms with Crippen molar-refractivity contribution in [1.82, 2.24) is 20.0 Å². The highest BCUT2D eigenvalue weighted by molar-refractivity contribution is 8.17. The van der Waals surface area contributed by atoms with Crippen molar-refractivity contribution in [1.29, 1.82) is 0 Å². The van der Waals surface area contributed by atoms with Crippen LogP contribution in [0.4, 0.5) is 31.1 Å². The van der Waals surface area contributed by atoms with Crippen molar-refractivity contribution >= 4 is 34.0 Å². The number of alkyl halides is 6. The second kappa shape index (κ2) is 9.93. The lowest BCUT2D eigenvalue weighted by Gasteiger charge is -2.33. The smallest absolute Gasteiger partial charge is 0.369 e. The second-order valence-electron chi connectivity index (χ2n) is 9.16. The lowest BCUT2D eigenvalue weighted by molar-refractivity contribution is -0.143. The summed E-state index contributed by atoms with van der Waals surface area (Å²) in [5.74, 6) is 0. The van der Waals surface area contributed by atoms with E-state index in [0.717, 1.165) is 43.8 Å². The Kier molecular flexibility index (Phi) is 6.95. The third-order valence-electron chi connectivity index (χ3n) is 6.67. The normalized spacial score (nSPS) is 20.7. The SMILES string of the molecule is O=C1S/C(=C\c2ccc3c(cnn3Cc3ccc(C(F)(F)F)cc3C(F)(F)F)c2)C(O)N1C1CCNCC1. The van der Waals surface area contributed by atoms with Crippen molar-refractivity contribution < 1.29 is 36.2 Å². The highest BCUT2D eigenvalue weighted by Crippen LogP contribution is 2.39. The van der Waals surface area contributed by atoms with Gasteiger partial charge in [-0.2, -0.15) is 31.4 Å². The van der Waals surface area contributed by atoms with E-state index in [1.165, 1.54) is 15.8 Å². The van der Waals surface area contributed by atoms with Crippen LogP contribution >= 0.6 is 11.8 Å². The molecule has 202 valence electrons. The molecule has 2 aliphatic rings. The van der Waals surface area contributed by atoms with E-state index in [-0.39, 0.29) is 29.5 Å². The van der Waals surface area contributed by atoms with Crippen molar-refractivity contribution in [2.24, 2.45) is 0 Å². The van der Waals surface area contributed by atoms with Gasteiger partial charge in [-0.05, 0) is 79.2 Å². The lowest BCUT2D eigenvalue weighted by atomic mass is 10.0. The molecule has 0 radical (unpaired) electrons. The first kappa shape index (κ1) is 26.6. The maximum Gasteiger partial charge on any atom is 0.416 e. The lowest BCUT2D eigenvalue weighted by Crippen LogP contribution is -2.46. The predicted octanol–water partition coefficient (Wildman–Crippen LogP) is 5.70. The molecule has 6 nitrogen and oxygen atoms in total. The van der Waals surface area contributed by atoms with E-state index in [0.29, 0.717) is 27.4 Å². The molecule has 2 N–H and O–H groups in total. The number of carbonyl (C=O) groups is 1. The zero-order valence-corrected chi connectivity index (χ0v) is 20.5. The Morgan fingerprint density at radius 2 is 1.79 bits per heavy atom. The molecular weight excluding hydrogens is 534 g/mol. The van der Waals surface area contributed by atoms with Crippen LogP contribution in [-0.2, 0) is 18.9 Å². The number of nitrogens with zero attached hydrogens (tertiary/aromatic N) is 3. The number of halogens is 6. The van der Waals surface area contributed by atoms with Gasteiger partial charge in [0.1, 0.15) is 0 Å². The zero-order chi connectivity index (χ0) is 27.2. The van der Waals surface area contributed by atoms with Crippen molar-refractivity contribution in [3.8, 4) is 0 Å². The van der Waals surface area contributed by atoms with E-state index >= 15 is 0 Å². The van der Waals surface area contributed by atoms with Gasteiger partial charge < -0.3 is 10.4 Å². The first-order valence-electron chi connectivity index (χ1n) is 11.8. The highest BCUT2D eigenvalue weighted by Gasteiger charge is 2.40. The first-order chi connectivity index (χ1) is 17.9. The Bertz CT molecular complexity index is 1390. The minimum atomic E-state index is -4.97. The maximum atomic E-state index is 13.6. The topological polar surface area (TPSA) is 70.4 Å². The van der Waals surface area contributed by atoms with Gasteiger partial charge in [-0.3, -0.25) is 14.4 Å². The zero-order valence-electron chi connectivity index (χ0n) is 19.7. The van der Waals surface area contributed by atoms with Crippen LogP contribution < -0.4 is 5.32 Å². The van der Waals surface area contributed by atoms with Crippen LogP contribution in [-0.4, -0.2) is 50.4 Å². The first-order valence-corrected chi connectivity index (χ1v) is 12.6. The molecule has 1 amide bonds. The summed E-state index contributed by atoms with van der Waals surface area (Å²) in [6.45, 7) is 1.15. The van der Waals surface area contributed by atoms with E-state index in [1.807, 2.05) is 0 Å². The number of benzene rings is 2. The van der Waals surface area contributed by atoms with Gasteiger partial charge in [0.05, 0.1) is 29.4 Å². The van der Waals surface area contributed by atoms with Gasteiger partial charge in [0.2, 0.25) is 0 Å². The van der Waals surface area contributed by atoms with Crippen molar-refractivity contribution in [3.63, 3.8) is 0 Å². The molecule has 3 aromatic rings. The number of hydrogen-bond acceptors (Lipinski definition) is 5. The monoisotopic (exact) mass is 556 g/mol. The van der Waals surface area contributed by atoms with Crippen LogP contribution in [0.3, 0.4) is 0 Å². The molecule has 1 atom stereocenters. The van der Waals surface area contributed by atoms with Crippen LogP contribution in [0.1, 0.15) is 35.1 Å². The summed E-state index contributed by atoms with van der Waals surface area (Å²) in [5.41, 5.74) is -1.95. The third kappa shape index (κ3) is 5.27. The molecule has 1 unspecified atom stereocenters. The summed E-state index contributed by atoms with van der Waals surface area (Å²) in [5, 5.41) is 18.5. The number of rotatable bonds is 4. The maximum absolute atomic E-state index is 13.6. The molecule has 0 aliphatic carbocycles. The molecule has 0 bridgehead atoms. The average molecular weight is 557 g/mol. The van der Waals surface area contributed by atoms with Crippen LogP contribution in [0.15, 0.2) is 47.5 Å². The van der Waals surface area contributed by atoms with Gasteiger partial charge in [-0.1, -0.05) is 12.1 Å². The molecule has 5 rings (SSSR count). The molecule has 13 heteroatoms. The number of aliphatic hydroxyl groups excluding tert-OH is 1. The molecule has 2 fully saturated rings. The summed E-state index contributed by atoms with van der Waals surface area (Å²) in [6.07, 6.45) is -6.31. The fourth-order valence-electron chi connectivity index (χ4n) is 4.78. The number of aromatic nitrogens is 2. The minimum absolute atomic E-state index is 0.0513. The van der Waals surface area contributed by atoms with Gasteiger partial charge in [-0.25, -0.2) is 0 Å².